The van der Waals surface area contributed by atoms with Crippen LogP contribution in [0.2, 0.25) is 5.15 Å². The van der Waals surface area contributed by atoms with Crippen molar-refractivity contribution >= 4 is 28.6 Å². The molecule has 3 heteroatoms. The van der Waals surface area contributed by atoms with Crippen LogP contribution in [0.5, 0.6) is 0 Å². The number of hydrogen-bond acceptors (Lipinski definition) is 2. The summed E-state index contributed by atoms with van der Waals surface area (Å²) < 4.78 is 0. The van der Waals surface area contributed by atoms with E-state index < -0.39 is 0 Å². The summed E-state index contributed by atoms with van der Waals surface area (Å²) in [4.78, 5) is 4.49. The van der Waals surface area contributed by atoms with Gasteiger partial charge in [-0.15, -0.1) is 0 Å². The van der Waals surface area contributed by atoms with Crippen molar-refractivity contribution in [1.82, 2.24) is 10.3 Å². The molecule has 1 aromatic carbocycles. The van der Waals surface area contributed by atoms with E-state index in [1.807, 2.05) is 26.1 Å². The summed E-state index contributed by atoms with van der Waals surface area (Å²) in [6, 6.07) is 8.25. The average Bonchev–Trinajstić information content (AvgIpc) is 2.32. The Labute approximate surface area is 113 Å². The molecule has 0 aliphatic carbocycles. The fourth-order valence-electron chi connectivity index (χ4n) is 2.04. The Morgan fingerprint density at radius 1 is 1.44 bits per heavy atom. The van der Waals surface area contributed by atoms with Gasteiger partial charge in [0.05, 0.1) is 5.52 Å². The van der Waals surface area contributed by atoms with Crippen LogP contribution in [0.25, 0.3) is 17.0 Å². The highest BCUT2D eigenvalue weighted by Gasteiger charge is 2.05. The average molecular weight is 261 g/mol. The highest BCUT2D eigenvalue weighted by molar-refractivity contribution is 6.31. The minimum Gasteiger partial charge on any atom is -0.316 e. The van der Waals surface area contributed by atoms with Gasteiger partial charge in [-0.1, -0.05) is 41.4 Å². The first-order valence-electron chi connectivity index (χ1n) is 5.99. The summed E-state index contributed by atoms with van der Waals surface area (Å²) >= 11 is 6.24. The lowest BCUT2D eigenvalue weighted by Crippen LogP contribution is -2.08. The maximum atomic E-state index is 6.24. The van der Waals surface area contributed by atoms with Gasteiger partial charge in [-0.25, -0.2) is 4.98 Å². The summed E-state index contributed by atoms with van der Waals surface area (Å²) in [5, 5.41) is 4.81. The molecule has 0 spiro atoms. The van der Waals surface area contributed by atoms with E-state index in [2.05, 4.69) is 35.4 Å². The monoisotopic (exact) mass is 260 g/mol. The quantitative estimate of drug-likeness (QED) is 0.849. The second-order valence-corrected chi connectivity index (χ2v) is 4.89. The van der Waals surface area contributed by atoms with E-state index in [0.717, 1.165) is 28.6 Å². The summed E-state index contributed by atoms with van der Waals surface area (Å²) in [6.07, 6.45) is 2.08. The zero-order valence-corrected chi connectivity index (χ0v) is 11.7. The van der Waals surface area contributed by atoms with Crippen LogP contribution < -0.4 is 5.32 Å². The fraction of sp³-hybridized carbons (Fsp3) is 0.267. The molecule has 0 aliphatic rings. The van der Waals surface area contributed by atoms with Crippen molar-refractivity contribution in [3.8, 4) is 0 Å². The number of benzene rings is 1. The third-order valence-electron chi connectivity index (χ3n) is 2.89. The first-order valence-corrected chi connectivity index (χ1v) is 6.37. The largest absolute Gasteiger partial charge is 0.316 e. The molecule has 0 radical (unpaired) electrons. The predicted octanol–water partition coefficient (Wildman–Crippen LogP) is 3.82. The van der Waals surface area contributed by atoms with E-state index >= 15 is 0 Å². The van der Waals surface area contributed by atoms with Crippen LogP contribution in [0.4, 0.5) is 0 Å². The first-order chi connectivity index (χ1) is 8.61. The molecule has 1 aromatic heterocycles. The maximum Gasteiger partial charge on any atom is 0.137 e. The van der Waals surface area contributed by atoms with Gasteiger partial charge in [0, 0.05) is 17.5 Å². The van der Waals surface area contributed by atoms with E-state index in [0.29, 0.717) is 5.15 Å². The minimum atomic E-state index is 0.562. The SMILES string of the molecule is CNCC(C)=Cc1cc2cccc(C)c2nc1Cl. The molecule has 0 unspecified atom stereocenters. The number of nitrogens with one attached hydrogen (secondary N) is 1. The number of hydrogen-bond donors (Lipinski definition) is 1. The van der Waals surface area contributed by atoms with Crippen molar-refractivity contribution in [3.63, 3.8) is 0 Å². The highest BCUT2D eigenvalue weighted by atomic mass is 35.5. The van der Waals surface area contributed by atoms with Crippen molar-refractivity contribution in [1.29, 1.82) is 0 Å². The molecule has 0 aliphatic heterocycles. The molecule has 0 bridgehead atoms. The number of nitrogens with zero attached hydrogens (tertiary/aromatic N) is 1. The van der Waals surface area contributed by atoms with E-state index in [9.17, 15) is 0 Å². The summed E-state index contributed by atoms with van der Waals surface area (Å²) in [7, 11) is 1.93. The fourth-order valence-corrected chi connectivity index (χ4v) is 2.23. The maximum absolute atomic E-state index is 6.24. The molecule has 2 aromatic rings. The number of aromatic nitrogens is 1. The Bertz CT molecular complexity index is 603. The third kappa shape index (κ3) is 2.71. The number of halogens is 1. The molecule has 0 amide bonds. The van der Waals surface area contributed by atoms with Gasteiger partial charge in [0.25, 0.3) is 0 Å². The molecule has 0 atom stereocenters. The summed E-state index contributed by atoms with van der Waals surface area (Å²) in [6.45, 7) is 4.98. The number of likely N-dealkylation sites (N-methyl/N-ethyl adjacent to an activating group) is 1. The van der Waals surface area contributed by atoms with Crippen LogP contribution >= 0.6 is 11.6 Å². The Morgan fingerprint density at radius 3 is 2.94 bits per heavy atom. The molecule has 0 saturated carbocycles. The van der Waals surface area contributed by atoms with E-state index in [-0.39, 0.29) is 0 Å². The van der Waals surface area contributed by atoms with Crippen molar-refractivity contribution in [2.45, 2.75) is 13.8 Å². The predicted molar refractivity (Wildman–Crippen MR) is 79.1 cm³/mol. The molecular formula is C15H17ClN2. The molecule has 1 heterocycles. The van der Waals surface area contributed by atoms with Gasteiger partial charge in [0.1, 0.15) is 5.15 Å². The number of rotatable bonds is 3. The second kappa shape index (κ2) is 5.51. The van der Waals surface area contributed by atoms with E-state index in [1.54, 1.807) is 0 Å². The normalized spacial score (nSPS) is 12.1. The van der Waals surface area contributed by atoms with Crippen LogP contribution in [0.15, 0.2) is 29.8 Å². The van der Waals surface area contributed by atoms with Gasteiger partial charge in [-0.2, -0.15) is 0 Å². The smallest absolute Gasteiger partial charge is 0.137 e. The Balaban J connectivity index is 2.53. The van der Waals surface area contributed by atoms with E-state index in [1.165, 1.54) is 5.57 Å². The van der Waals surface area contributed by atoms with Crippen LogP contribution in [-0.2, 0) is 0 Å². The molecule has 2 nitrogen and oxygen atoms in total. The number of aryl methyl sites for hydroxylation is 1. The lowest BCUT2D eigenvalue weighted by molar-refractivity contribution is 0.884. The van der Waals surface area contributed by atoms with Crippen molar-refractivity contribution in [3.05, 3.63) is 46.1 Å². The van der Waals surface area contributed by atoms with Gasteiger partial charge in [-0.3, -0.25) is 0 Å². The van der Waals surface area contributed by atoms with Gasteiger partial charge in [-0.05, 0) is 32.5 Å². The molecule has 0 fully saturated rings. The Kier molecular flexibility index (Phi) is 4.00. The molecule has 1 N–H and O–H groups in total. The molecule has 94 valence electrons. The highest BCUT2D eigenvalue weighted by Crippen LogP contribution is 2.24. The third-order valence-corrected chi connectivity index (χ3v) is 3.19. The molecule has 18 heavy (non-hydrogen) atoms. The number of pyridine rings is 1. The first kappa shape index (κ1) is 13.1. The van der Waals surface area contributed by atoms with Gasteiger partial charge < -0.3 is 5.32 Å². The zero-order chi connectivity index (χ0) is 13.1. The van der Waals surface area contributed by atoms with Crippen LogP contribution in [0.1, 0.15) is 18.1 Å². The number of para-hydroxylation sites is 1. The van der Waals surface area contributed by atoms with Crippen LogP contribution in [-0.4, -0.2) is 18.6 Å². The Morgan fingerprint density at radius 2 is 2.22 bits per heavy atom. The minimum absolute atomic E-state index is 0.562. The van der Waals surface area contributed by atoms with Crippen molar-refractivity contribution in [2.75, 3.05) is 13.6 Å². The molecule has 0 saturated heterocycles. The summed E-state index contributed by atoms with van der Waals surface area (Å²) in [5.74, 6) is 0. The van der Waals surface area contributed by atoms with Gasteiger partial charge in [0.15, 0.2) is 0 Å². The van der Waals surface area contributed by atoms with Crippen molar-refractivity contribution < 1.29 is 0 Å². The lowest BCUT2D eigenvalue weighted by atomic mass is 10.1. The molecule has 2 rings (SSSR count). The Hall–Kier alpha value is -1.38. The summed E-state index contributed by atoms with van der Waals surface area (Å²) in [5.41, 5.74) is 4.33. The second-order valence-electron chi connectivity index (χ2n) is 4.54. The van der Waals surface area contributed by atoms with E-state index in [4.69, 9.17) is 11.6 Å². The van der Waals surface area contributed by atoms with Crippen LogP contribution in [0, 0.1) is 6.92 Å². The topological polar surface area (TPSA) is 24.9 Å². The van der Waals surface area contributed by atoms with Crippen molar-refractivity contribution in [2.24, 2.45) is 0 Å². The standard InChI is InChI=1S/C15H17ClN2/c1-10(9-17-3)7-13-8-12-6-4-5-11(2)14(12)18-15(13)16/h4-8,17H,9H2,1-3H3. The number of fused-ring (bicyclic) bond motifs is 1. The molecular weight excluding hydrogens is 244 g/mol. The van der Waals surface area contributed by atoms with Crippen LogP contribution in [0.3, 0.4) is 0 Å². The lowest BCUT2D eigenvalue weighted by Gasteiger charge is -2.06. The zero-order valence-electron chi connectivity index (χ0n) is 10.9. The van der Waals surface area contributed by atoms with Gasteiger partial charge in [0.2, 0.25) is 0 Å². The van der Waals surface area contributed by atoms with Gasteiger partial charge >= 0.3 is 0 Å².